The van der Waals surface area contributed by atoms with Gasteiger partial charge in [-0.2, -0.15) is 0 Å². The molecule has 6 heteroatoms. The fraction of sp³-hybridized carbons (Fsp3) is 0.400. The molecule has 2 amide bonds. The molecule has 0 spiro atoms. The summed E-state index contributed by atoms with van der Waals surface area (Å²) in [7, 11) is 0. The number of nitrogens with two attached hydrogens (primary N) is 1. The van der Waals surface area contributed by atoms with Gasteiger partial charge < -0.3 is 11.1 Å². The van der Waals surface area contributed by atoms with E-state index in [9.17, 15) is 14.4 Å². The predicted molar refractivity (Wildman–Crippen MR) is 82.9 cm³/mol. The maximum absolute atomic E-state index is 12.1. The molecule has 1 aromatic carbocycles. The molecular weight excluding hydrogens is 288 g/mol. The van der Waals surface area contributed by atoms with E-state index in [1.54, 1.807) is 24.3 Å². The van der Waals surface area contributed by atoms with Crippen LogP contribution in [0.3, 0.4) is 0 Å². The molecule has 0 heterocycles. The van der Waals surface area contributed by atoms with Crippen LogP contribution in [0, 0.1) is 5.41 Å². The molecule has 5 nitrogen and oxygen atoms in total. The molecule has 21 heavy (non-hydrogen) atoms. The second-order valence-corrected chi connectivity index (χ2v) is 6.62. The molecule has 0 fully saturated rings. The molecular formula is C15H20N2O3S. The fourth-order valence-corrected chi connectivity index (χ4v) is 2.31. The second kappa shape index (κ2) is 7.26. The van der Waals surface area contributed by atoms with Gasteiger partial charge in [-0.25, -0.2) is 0 Å². The highest BCUT2D eigenvalue weighted by Gasteiger charge is 2.24. The quantitative estimate of drug-likeness (QED) is 0.814. The average molecular weight is 308 g/mol. The zero-order valence-electron chi connectivity index (χ0n) is 12.4. The van der Waals surface area contributed by atoms with Crippen molar-refractivity contribution in [3.8, 4) is 0 Å². The highest BCUT2D eigenvalue weighted by Crippen LogP contribution is 2.31. The molecule has 0 aliphatic heterocycles. The number of hydrogen-bond acceptors (Lipinski definition) is 4. The predicted octanol–water partition coefficient (Wildman–Crippen LogP) is 1.96. The van der Waals surface area contributed by atoms with Crippen LogP contribution < -0.4 is 11.1 Å². The number of benzene rings is 1. The molecule has 0 unspecified atom stereocenters. The van der Waals surface area contributed by atoms with Crippen molar-refractivity contribution in [2.45, 2.75) is 32.1 Å². The van der Waals surface area contributed by atoms with Crippen LogP contribution >= 0.6 is 11.8 Å². The van der Waals surface area contributed by atoms with Crippen LogP contribution in [0.1, 0.15) is 37.6 Å². The van der Waals surface area contributed by atoms with Gasteiger partial charge in [0.25, 0.3) is 5.91 Å². The van der Waals surface area contributed by atoms with E-state index in [0.29, 0.717) is 10.5 Å². The van der Waals surface area contributed by atoms with Gasteiger partial charge in [-0.3, -0.25) is 14.4 Å². The molecule has 0 saturated heterocycles. The van der Waals surface area contributed by atoms with Gasteiger partial charge in [0, 0.05) is 23.3 Å². The van der Waals surface area contributed by atoms with Crippen LogP contribution in [-0.4, -0.2) is 23.5 Å². The Bertz CT molecular complexity index is 550. The van der Waals surface area contributed by atoms with Crippen molar-refractivity contribution in [2.75, 3.05) is 6.54 Å². The Hall–Kier alpha value is -1.82. The lowest BCUT2D eigenvalue weighted by molar-refractivity contribution is -0.118. The number of rotatable bonds is 5. The molecule has 3 N–H and O–H groups in total. The minimum absolute atomic E-state index is 0.0140. The van der Waals surface area contributed by atoms with Gasteiger partial charge in [-0.15, -0.1) is 0 Å². The van der Waals surface area contributed by atoms with E-state index < -0.39 is 11.3 Å². The molecule has 0 atom stereocenters. The molecule has 114 valence electrons. The first-order valence-electron chi connectivity index (χ1n) is 6.59. The number of nitrogens with one attached hydrogen (secondary N) is 1. The van der Waals surface area contributed by atoms with Gasteiger partial charge in [0.15, 0.2) is 5.12 Å². The van der Waals surface area contributed by atoms with Gasteiger partial charge in [0.05, 0.1) is 5.56 Å². The second-order valence-electron chi connectivity index (χ2n) is 5.61. The van der Waals surface area contributed by atoms with Gasteiger partial charge in [-0.1, -0.05) is 44.7 Å². The summed E-state index contributed by atoms with van der Waals surface area (Å²) in [5.74, 6) is -0.790. The van der Waals surface area contributed by atoms with Gasteiger partial charge in [0.1, 0.15) is 0 Å². The first kappa shape index (κ1) is 17.2. The zero-order valence-corrected chi connectivity index (χ0v) is 13.3. The van der Waals surface area contributed by atoms with Crippen LogP contribution in [-0.2, 0) is 9.59 Å². The summed E-state index contributed by atoms with van der Waals surface area (Å²) >= 11 is 1.05. The number of carbonyl (C=O) groups is 3. The summed E-state index contributed by atoms with van der Waals surface area (Å²) in [6.07, 6.45) is 0.0853. The van der Waals surface area contributed by atoms with E-state index >= 15 is 0 Å². The van der Waals surface area contributed by atoms with Crippen molar-refractivity contribution < 1.29 is 14.4 Å². The topological polar surface area (TPSA) is 89.3 Å². The summed E-state index contributed by atoms with van der Waals surface area (Å²) < 4.78 is 0. The minimum atomic E-state index is -0.486. The smallest absolute Gasteiger partial charge is 0.252 e. The highest BCUT2D eigenvalue weighted by atomic mass is 32.2. The third-order valence-corrected chi connectivity index (χ3v) is 3.98. The average Bonchev–Trinajstić information content (AvgIpc) is 2.37. The highest BCUT2D eigenvalue weighted by molar-refractivity contribution is 8.13. The molecule has 0 aliphatic carbocycles. The standard InChI is InChI=1S/C15H20N2O3S/c1-15(2,3)14(20)21-11-7-5-4-6-10(11)13(19)17-9-8-12(16)18/h4-7H,8-9H2,1-3H3,(H2,16,18)(H,17,19). The Labute approximate surface area is 128 Å². The third kappa shape index (κ3) is 5.59. The Morgan fingerprint density at radius 1 is 1.19 bits per heavy atom. The van der Waals surface area contributed by atoms with Gasteiger partial charge in [-0.05, 0) is 12.1 Å². The third-order valence-electron chi connectivity index (χ3n) is 2.60. The Morgan fingerprint density at radius 3 is 2.38 bits per heavy atom. The lowest BCUT2D eigenvalue weighted by Crippen LogP contribution is -2.28. The molecule has 1 aromatic rings. The van der Waals surface area contributed by atoms with E-state index in [4.69, 9.17) is 5.73 Å². The Kier molecular flexibility index (Phi) is 5.96. The lowest BCUT2D eigenvalue weighted by atomic mass is 10.00. The molecule has 0 saturated carbocycles. The number of thioether (sulfide) groups is 1. The molecule has 0 bridgehead atoms. The normalized spacial score (nSPS) is 11.0. The number of hydrogen-bond donors (Lipinski definition) is 2. The maximum Gasteiger partial charge on any atom is 0.252 e. The summed E-state index contributed by atoms with van der Waals surface area (Å²) in [5, 5.41) is 2.60. The van der Waals surface area contributed by atoms with Crippen molar-refractivity contribution in [3.05, 3.63) is 29.8 Å². The summed E-state index contributed by atoms with van der Waals surface area (Å²) in [6, 6.07) is 6.89. The van der Waals surface area contributed by atoms with Crippen LogP contribution in [0.4, 0.5) is 0 Å². The van der Waals surface area contributed by atoms with E-state index in [0.717, 1.165) is 11.8 Å². The van der Waals surface area contributed by atoms with Gasteiger partial charge >= 0.3 is 0 Å². The first-order valence-corrected chi connectivity index (χ1v) is 7.41. The summed E-state index contributed by atoms with van der Waals surface area (Å²) in [5.41, 5.74) is 4.96. The van der Waals surface area contributed by atoms with Gasteiger partial charge in [0.2, 0.25) is 5.91 Å². The van der Waals surface area contributed by atoms with E-state index in [-0.39, 0.29) is 24.0 Å². The Morgan fingerprint density at radius 2 is 1.81 bits per heavy atom. The number of carbonyl (C=O) groups excluding carboxylic acids is 3. The largest absolute Gasteiger partial charge is 0.370 e. The number of primary amides is 1. The van der Waals surface area contributed by atoms with Crippen molar-refractivity contribution in [2.24, 2.45) is 11.1 Å². The molecule has 0 aromatic heterocycles. The Balaban J connectivity index is 2.81. The molecule has 0 aliphatic rings. The zero-order chi connectivity index (χ0) is 16.0. The van der Waals surface area contributed by atoms with E-state index in [2.05, 4.69) is 5.32 Å². The van der Waals surface area contributed by atoms with Crippen LogP contribution in [0.5, 0.6) is 0 Å². The first-order chi connectivity index (χ1) is 9.71. The van der Waals surface area contributed by atoms with E-state index in [1.165, 1.54) is 0 Å². The summed E-state index contributed by atoms with van der Waals surface area (Å²) in [6.45, 7) is 5.67. The van der Waals surface area contributed by atoms with Crippen LogP contribution in [0.15, 0.2) is 29.2 Å². The fourth-order valence-electron chi connectivity index (χ4n) is 1.39. The van der Waals surface area contributed by atoms with Crippen molar-refractivity contribution >= 4 is 28.7 Å². The van der Waals surface area contributed by atoms with Crippen LogP contribution in [0.2, 0.25) is 0 Å². The van der Waals surface area contributed by atoms with Crippen molar-refractivity contribution in [1.29, 1.82) is 0 Å². The lowest BCUT2D eigenvalue weighted by Gasteiger charge is -2.16. The van der Waals surface area contributed by atoms with E-state index in [1.807, 2.05) is 20.8 Å². The van der Waals surface area contributed by atoms with Crippen molar-refractivity contribution in [1.82, 2.24) is 5.32 Å². The monoisotopic (exact) mass is 308 g/mol. The molecule has 1 rings (SSSR count). The number of amides is 2. The maximum atomic E-state index is 12.1. The molecule has 0 radical (unpaired) electrons. The van der Waals surface area contributed by atoms with Crippen LogP contribution in [0.25, 0.3) is 0 Å². The SMILES string of the molecule is CC(C)(C)C(=O)Sc1ccccc1C(=O)NCCC(N)=O. The van der Waals surface area contributed by atoms with Crippen molar-refractivity contribution in [3.63, 3.8) is 0 Å². The summed E-state index contributed by atoms with van der Waals surface area (Å²) in [4.78, 5) is 35.4. The minimum Gasteiger partial charge on any atom is -0.370 e.